The van der Waals surface area contributed by atoms with E-state index in [1.54, 1.807) is 0 Å². The van der Waals surface area contributed by atoms with Gasteiger partial charge in [0.05, 0.1) is 11.1 Å². The molecule has 0 spiro atoms. The molecule has 2 heterocycles. The van der Waals surface area contributed by atoms with Crippen LogP contribution in [-0.2, 0) is 16.1 Å². The second kappa shape index (κ2) is 8.41. The highest BCUT2D eigenvalue weighted by Crippen LogP contribution is 2.31. The van der Waals surface area contributed by atoms with Crippen LogP contribution >= 0.6 is 23.1 Å². The van der Waals surface area contributed by atoms with Gasteiger partial charge in [-0.25, -0.2) is 4.98 Å². The van der Waals surface area contributed by atoms with Gasteiger partial charge < -0.3 is 9.72 Å². The Morgan fingerprint density at radius 1 is 1.07 bits per heavy atom. The van der Waals surface area contributed by atoms with Gasteiger partial charge in [-0.05, 0) is 11.1 Å². The van der Waals surface area contributed by atoms with Crippen LogP contribution in [0.1, 0.15) is 5.56 Å². The average Bonchev–Trinajstić information content (AvgIpc) is 3.17. The number of H-pyrrole nitrogens is 1. The Balaban J connectivity index is 1.45. The second-order valence-corrected chi connectivity index (χ2v) is 7.82. The molecule has 0 aliphatic heterocycles. The number of carbonyl (C=O) groups excluding carboxylic acids is 1. The molecule has 5 nitrogen and oxygen atoms in total. The Hall–Kier alpha value is -2.90. The lowest BCUT2D eigenvalue weighted by Crippen LogP contribution is -2.11. The van der Waals surface area contributed by atoms with E-state index >= 15 is 0 Å². The molecule has 0 aliphatic carbocycles. The third kappa shape index (κ3) is 4.16. The quantitative estimate of drug-likeness (QED) is 0.289. The maximum absolute atomic E-state index is 12.6. The third-order valence-electron chi connectivity index (χ3n) is 4.08. The zero-order valence-corrected chi connectivity index (χ0v) is 16.4. The van der Waals surface area contributed by atoms with Gasteiger partial charge in [-0.3, -0.25) is 9.59 Å². The van der Waals surface area contributed by atoms with Crippen molar-refractivity contribution in [1.82, 2.24) is 9.97 Å². The number of hydrogen-bond acceptors (Lipinski definition) is 6. The highest BCUT2D eigenvalue weighted by atomic mass is 32.2. The van der Waals surface area contributed by atoms with E-state index in [1.165, 1.54) is 11.3 Å². The molecule has 2 aromatic carbocycles. The van der Waals surface area contributed by atoms with Crippen LogP contribution in [0.4, 0.5) is 0 Å². The van der Waals surface area contributed by atoms with Crippen molar-refractivity contribution in [2.45, 2.75) is 11.8 Å². The van der Waals surface area contributed by atoms with Gasteiger partial charge in [0.15, 0.2) is 5.16 Å². The SMILES string of the molecule is O=C(CSc1nc2scc(-c3ccccc3)c2c(=O)[nH]1)OCc1ccccc1. The van der Waals surface area contributed by atoms with E-state index in [0.717, 1.165) is 28.5 Å². The smallest absolute Gasteiger partial charge is 0.316 e. The first-order valence-corrected chi connectivity index (χ1v) is 10.5. The molecule has 0 saturated heterocycles. The minimum atomic E-state index is -0.354. The van der Waals surface area contributed by atoms with Gasteiger partial charge in [0.2, 0.25) is 0 Å². The zero-order valence-electron chi connectivity index (χ0n) is 14.8. The van der Waals surface area contributed by atoms with Gasteiger partial charge in [-0.15, -0.1) is 11.3 Å². The van der Waals surface area contributed by atoms with Crippen molar-refractivity contribution < 1.29 is 9.53 Å². The lowest BCUT2D eigenvalue weighted by atomic mass is 10.1. The molecule has 0 atom stereocenters. The summed E-state index contributed by atoms with van der Waals surface area (Å²) < 4.78 is 5.25. The summed E-state index contributed by atoms with van der Waals surface area (Å²) in [5.41, 5.74) is 2.57. The Morgan fingerprint density at radius 3 is 2.54 bits per heavy atom. The Bertz CT molecular complexity index is 1150. The van der Waals surface area contributed by atoms with Gasteiger partial charge in [0, 0.05) is 10.9 Å². The molecule has 0 unspecified atom stereocenters. The van der Waals surface area contributed by atoms with Crippen LogP contribution in [0.15, 0.2) is 76.0 Å². The molecule has 0 fully saturated rings. The van der Waals surface area contributed by atoms with Crippen molar-refractivity contribution >= 4 is 39.3 Å². The van der Waals surface area contributed by atoms with Crippen molar-refractivity contribution in [3.05, 3.63) is 82.0 Å². The fraction of sp³-hybridized carbons (Fsp3) is 0.0952. The molecule has 0 bridgehead atoms. The molecule has 2 aromatic heterocycles. The van der Waals surface area contributed by atoms with Gasteiger partial charge in [0.25, 0.3) is 5.56 Å². The number of aromatic amines is 1. The fourth-order valence-electron chi connectivity index (χ4n) is 2.73. The van der Waals surface area contributed by atoms with E-state index in [-0.39, 0.29) is 23.9 Å². The Labute approximate surface area is 169 Å². The minimum absolute atomic E-state index is 0.0815. The molecule has 4 rings (SSSR count). The van der Waals surface area contributed by atoms with Crippen LogP contribution < -0.4 is 5.56 Å². The van der Waals surface area contributed by atoms with Crippen LogP contribution in [0, 0.1) is 0 Å². The number of carbonyl (C=O) groups is 1. The number of esters is 1. The van der Waals surface area contributed by atoms with Crippen molar-refractivity contribution in [2.75, 3.05) is 5.75 Å². The number of rotatable bonds is 6. The van der Waals surface area contributed by atoms with Crippen molar-refractivity contribution in [3.63, 3.8) is 0 Å². The zero-order chi connectivity index (χ0) is 19.3. The first-order chi connectivity index (χ1) is 13.7. The summed E-state index contributed by atoms with van der Waals surface area (Å²) in [5, 5.41) is 2.92. The number of nitrogens with one attached hydrogen (secondary N) is 1. The Morgan fingerprint density at radius 2 is 1.79 bits per heavy atom. The molecule has 1 N–H and O–H groups in total. The molecule has 28 heavy (non-hydrogen) atoms. The van der Waals surface area contributed by atoms with E-state index in [1.807, 2.05) is 66.0 Å². The van der Waals surface area contributed by atoms with Gasteiger partial charge in [-0.2, -0.15) is 0 Å². The largest absolute Gasteiger partial charge is 0.460 e. The number of hydrogen-bond donors (Lipinski definition) is 1. The fourth-order valence-corrected chi connectivity index (χ4v) is 4.40. The van der Waals surface area contributed by atoms with E-state index in [9.17, 15) is 9.59 Å². The van der Waals surface area contributed by atoms with E-state index < -0.39 is 0 Å². The molecule has 140 valence electrons. The van der Waals surface area contributed by atoms with Crippen LogP contribution in [0.3, 0.4) is 0 Å². The number of aromatic nitrogens is 2. The molecule has 0 saturated carbocycles. The topological polar surface area (TPSA) is 72.0 Å². The summed E-state index contributed by atoms with van der Waals surface area (Å²) in [5.74, 6) is -0.272. The van der Waals surface area contributed by atoms with E-state index in [0.29, 0.717) is 15.4 Å². The van der Waals surface area contributed by atoms with E-state index in [2.05, 4.69) is 9.97 Å². The van der Waals surface area contributed by atoms with Crippen LogP contribution in [0.2, 0.25) is 0 Å². The van der Waals surface area contributed by atoms with Crippen LogP contribution in [0.5, 0.6) is 0 Å². The number of benzene rings is 2. The van der Waals surface area contributed by atoms with E-state index in [4.69, 9.17) is 4.74 Å². The summed E-state index contributed by atoms with van der Waals surface area (Å²) >= 11 is 2.58. The molecule has 0 aliphatic rings. The maximum atomic E-state index is 12.6. The minimum Gasteiger partial charge on any atom is -0.460 e. The highest BCUT2D eigenvalue weighted by Gasteiger charge is 2.14. The van der Waals surface area contributed by atoms with Gasteiger partial charge in [0.1, 0.15) is 11.4 Å². The molecule has 0 amide bonds. The predicted molar refractivity (Wildman–Crippen MR) is 113 cm³/mol. The summed E-state index contributed by atoms with van der Waals surface area (Å²) in [6.45, 7) is 0.231. The number of ether oxygens (including phenoxy) is 1. The first-order valence-electron chi connectivity index (χ1n) is 8.60. The third-order valence-corrected chi connectivity index (χ3v) is 5.80. The van der Waals surface area contributed by atoms with Crippen LogP contribution in [0.25, 0.3) is 21.3 Å². The number of nitrogens with zero attached hydrogens (tertiary/aromatic N) is 1. The van der Waals surface area contributed by atoms with Crippen molar-refractivity contribution in [2.24, 2.45) is 0 Å². The summed E-state index contributed by atoms with van der Waals surface area (Å²) in [6.07, 6.45) is 0. The summed E-state index contributed by atoms with van der Waals surface area (Å²) in [6, 6.07) is 19.2. The lowest BCUT2D eigenvalue weighted by Gasteiger charge is -2.05. The maximum Gasteiger partial charge on any atom is 0.316 e. The van der Waals surface area contributed by atoms with Gasteiger partial charge >= 0.3 is 5.97 Å². The van der Waals surface area contributed by atoms with Crippen molar-refractivity contribution in [1.29, 1.82) is 0 Å². The highest BCUT2D eigenvalue weighted by molar-refractivity contribution is 7.99. The Kier molecular flexibility index (Phi) is 5.55. The van der Waals surface area contributed by atoms with Crippen molar-refractivity contribution in [3.8, 4) is 11.1 Å². The number of fused-ring (bicyclic) bond motifs is 1. The molecule has 7 heteroatoms. The number of thioether (sulfide) groups is 1. The second-order valence-electron chi connectivity index (χ2n) is 6.00. The first kappa shape index (κ1) is 18.5. The van der Waals surface area contributed by atoms with Crippen LogP contribution in [-0.4, -0.2) is 21.7 Å². The monoisotopic (exact) mass is 408 g/mol. The molecular weight excluding hydrogens is 392 g/mol. The molecule has 0 radical (unpaired) electrons. The summed E-state index contributed by atoms with van der Waals surface area (Å²) in [4.78, 5) is 32.5. The lowest BCUT2D eigenvalue weighted by molar-refractivity contribution is -0.141. The molecule has 4 aromatic rings. The normalized spacial score (nSPS) is 10.9. The molecular formula is C21H16N2O3S2. The summed E-state index contributed by atoms with van der Waals surface area (Å²) in [7, 11) is 0. The number of thiophene rings is 1. The average molecular weight is 409 g/mol. The predicted octanol–water partition coefficient (Wildman–Crippen LogP) is 4.49. The standard InChI is InChI=1S/C21H16N2O3S2/c24-17(26-11-14-7-3-1-4-8-14)13-28-21-22-19(25)18-16(12-27-20(18)23-21)15-9-5-2-6-10-15/h1-10,12H,11,13H2,(H,22,23,25). The van der Waals surface area contributed by atoms with Gasteiger partial charge in [-0.1, -0.05) is 72.4 Å².